The van der Waals surface area contributed by atoms with Gasteiger partial charge in [0.15, 0.2) is 10.9 Å². The molecule has 3 aromatic heterocycles. The van der Waals surface area contributed by atoms with Crippen LogP contribution in [0.1, 0.15) is 16.3 Å². The predicted molar refractivity (Wildman–Crippen MR) is 98.3 cm³/mol. The maximum atomic E-state index is 11.7. The number of aromatic nitrogens is 1. The molecule has 0 aliphatic carbocycles. The number of benzene rings is 1. The van der Waals surface area contributed by atoms with Crippen molar-refractivity contribution in [3.05, 3.63) is 78.6 Å². The fourth-order valence-electron chi connectivity index (χ4n) is 2.34. The van der Waals surface area contributed by atoms with E-state index in [1.165, 1.54) is 24.2 Å². The van der Waals surface area contributed by atoms with Gasteiger partial charge < -0.3 is 8.83 Å². The topological polar surface area (TPSA) is 80.6 Å². The molecular formula is C19H13N3O3S. The number of carbonyl (C=O) groups excluding carboxylic acids is 1. The maximum Gasteiger partial charge on any atom is 0.307 e. The van der Waals surface area contributed by atoms with E-state index in [9.17, 15) is 4.79 Å². The van der Waals surface area contributed by atoms with Gasteiger partial charge in [0.2, 0.25) is 0 Å². The minimum Gasteiger partial charge on any atom is -0.459 e. The Bertz CT molecular complexity index is 1070. The fourth-order valence-corrected chi connectivity index (χ4v) is 3.25. The molecule has 1 N–H and O–H groups in total. The Morgan fingerprint density at radius 3 is 2.92 bits per heavy atom. The molecule has 0 aliphatic heterocycles. The van der Waals surface area contributed by atoms with Gasteiger partial charge in [-0.05, 0) is 48.2 Å². The van der Waals surface area contributed by atoms with Gasteiger partial charge in [0.05, 0.1) is 18.0 Å². The summed E-state index contributed by atoms with van der Waals surface area (Å²) in [6, 6.07) is 16.8. The average molecular weight is 363 g/mol. The number of furan rings is 2. The first-order valence-corrected chi connectivity index (χ1v) is 8.59. The van der Waals surface area contributed by atoms with Gasteiger partial charge in [0, 0.05) is 16.5 Å². The third-order valence-electron chi connectivity index (χ3n) is 3.51. The van der Waals surface area contributed by atoms with E-state index in [1.54, 1.807) is 24.4 Å². The molecule has 4 aromatic rings. The summed E-state index contributed by atoms with van der Waals surface area (Å²) in [5, 5.41) is 5.65. The lowest BCUT2D eigenvalue weighted by molar-refractivity contribution is 0.0927. The molecule has 0 bridgehead atoms. The molecule has 0 fully saturated rings. The zero-order valence-electron chi connectivity index (χ0n) is 13.5. The Morgan fingerprint density at radius 1 is 1.12 bits per heavy atom. The molecule has 4 rings (SSSR count). The summed E-state index contributed by atoms with van der Waals surface area (Å²) in [4.78, 5) is 17.1. The number of para-hydroxylation sites is 1. The van der Waals surface area contributed by atoms with Gasteiger partial charge in [-0.25, -0.2) is 5.43 Å². The quantitative estimate of drug-likeness (QED) is 0.421. The van der Waals surface area contributed by atoms with Crippen molar-refractivity contribution in [3.8, 4) is 0 Å². The highest BCUT2D eigenvalue weighted by Crippen LogP contribution is 2.33. The number of hydrogen-bond acceptors (Lipinski definition) is 6. The molecule has 128 valence electrons. The van der Waals surface area contributed by atoms with Crippen LogP contribution in [0.4, 0.5) is 0 Å². The van der Waals surface area contributed by atoms with Crippen molar-refractivity contribution in [1.82, 2.24) is 10.4 Å². The predicted octanol–water partition coefficient (Wildman–Crippen LogP) is 4.34. The number of nitrogens with one attached hydrogen (secondary N) is 1. The van der Waals surface area contributed by atoms with Gasteiger partial charge >= 0.3 is 5.91 Å². The molecule has 1 aromatic carbocycles. The number of carbonyl (C=O) groups is 1. The molecule has 0 radical (unpaired) electrons. The first-order valence-electron chi connectivity index (χ1n) is 7.78. The van der Waals surface area contributed by atoms with Gasteiger partial charge in [-0.3, -0.25) is 9.78 Å². The zero-order valence-corrected chi connectivity index (χ0v) is 14.3. The minimum atomic E-state index is -0.422. The smallest absolute Gasteiger partial charge is 0.307 e. The molecule has 0 spiro atoms. The summed E-state index contributed by atoms with van der Waals surface area (Å²) >= 11 is 1.48. The van der Waals surface area contributed by atoms with Crippen molar-refractivity contribution in [2.45, 2.75) is 9.99 Å². The summed E-state index contributed by atoms with van der Waals surface area (Å²) in [6.07, 6.45) is 4.64. The molecule has 26 heavy (non-hydrogen) atoms. The zero-order chi connectivity index (χ0) is 17.8. The van der Waals surface area contributed by atoms with E-state index >= 15 is 0 Å². The van der Waals surface area contributed by atoms with Crippen LogP contribution in [0, 0.1) is 0 Å². The number of pyridine rings is 1. The number of hydrazone groups is 1. The fraction of sp³-hybridized carbons (Fsp3) is 0. The summed E-state index contributed by atoms with van der Waals surface area (Å²) in [5.74, 6) is 0.302. The minimum absolute atomic E-state index is 0.196. The summed E-state index contributed by atoms with van der Waals surface area (Å²) in [6.45, 7) is 0. The largest absolute Gasteiger partial charge is 0.459 e. The Hall–Kier alpha value is -3.32. The van der Waals surface area contributed by atoms with Crippen LogP contribution in [0.15, 0.2) is 91.0 Å². The van der Waals surface area contributed by atoms with Crippen molar-refractivity contribution < 1.29 is 13.6 Å². The molecule has 0 aliphatic rings. The lowest BCUT2D eigenvalue weighted by atomic mass is 10.2. The number of nitrogens with zero attached hydrogens (tertiary/aromatic N) is 2. The van der Waals surface area contributed by atoms with Crippen molar-refractivity contribution in [3.63, 3.8) is 0 Å². The van der Waals surface area contributed by atoms with Crippen LogP contribution in [-0.2, 0) is 0 Å². The summed E-state index contributed by atoms with van der Waals surface area (Å²) in [5.41, 5.74) is 3.30. The molecule has 6 nitrogen and oxygen atoms in total. The van der Waals surface area contributed by atoms with Crippen LogP contribution in [0.2, 0.25) is 0 Å². The van der Waals surface area contributed by atoms with E-state index in [0.29, 0.717) is 10.9 Å². The van der Waals surface area contributed by atoms with E-state index in [-0.39, 0.29) is 5.76 Å². The third kappa shape index (κ3) is 3.52. The monoisotopic (exact) mass is 363 g/mol. The van der Waals surface area contributed by atoms with Crippen LogP contribution in [0.25, 0.3) is 10.9 Å². The first kappa shape index (κ1) is 16.2. The summed E-state index contributed by atoms with van der Waals surface area (Å²) in [7, 11) is 0. The van der Waals surface area contributed by atoms with Crippen LogP contribution in [-0.4, -0.2) is 17.1 Å². The SMILES string of the molecule is O=C(NN=Cc1ccc(Sc2cccc3cccnc23)o1)c1ccco1. The van der Waals surface area contributed by atoms with Gasteiger partial charge in [-0.2, -0.15) is 5.10 Å². The molecule has 1 amide bonds. The number of rotatable bonds is 5. The lowest BCUT2D eigenvalue weighted by Gasteiger charge is -2.02. The van der Waals surface area contributed by atoms with Crippen molar-refractivity contribution in [2.75, 3.05) is 0 Å². The Kier molecular flexibility index (Phi) is 4.53. The van der Waals surface area contributed by atoms with Crippen molar-refractivity contribution >= 4 is 34.8 Å². The Balaban J connectivity index is 1.44. The number of amides is 1. The molecule has 7 heteroatoms. The average Bonchev–Trinajstić information content (AvgIpc) is 3.34. The molecule has 0 saturated heterocycles. The summed E-state index contributed by atoms with van der Waals surface area (Å²) < 4.78 is 10.7. The number of hydrogen-bond donors (Lipinski definition) is 1. The molecule has 3 heterocycles. The maximum absolute atomic E-state index is 11.7. The van der Waals surface area contributed by atoms with Crippen LogP contribution in [0.3, 0.4) is 0 Å². The molecule has 0 unspecified atom stereocenters. The van der Waals surface area contributed by atoms with E-state index in [2.05, 4.69) is 15.5 Å². The van der Waals surface area contributed by atoms with E-state index in [4.69, 9.17) is 8.83 Å². The van der Waals surface area contributed by atoms with Crippen LogP contribution >= 0.6 is 11.8 Å². The van der Waals surface area contributed by atoms with Crippen molar-refractivity contribution in [2.24, 2.45) is 5.10 Å². The Labute approximate surface area is 152 Å². The highest BCUT2D eigenvalue weighted by atomic mass is 32.2. The normalized spacial score (nSPS) is 11.2. The third-order valence-corrected chi connectivity index (χ3v) is 4.48. The van der Waals surface area contributed by atoms with Crippen LogP contribution in [0.5, 0.6) is 0 Å². The van der Waals surface area contributed by atoms with Gasteiger partial charge in [0.1, 0.15) is 5.76 Å². The second-order valence-corrected chi connectivity index (χ2v) is 6.31. The second kappa shape index (κ2) is 7.28. The highest BCUT2D eigenvalue weighted by Gasteiger charge is 2.08. The molecule has 0 saturated carbocycles. The van der Waals surface area contributed by atoms with Gasteiger partial charge in [-0.15, -0.1) is 0 Å². The van der Waals surface area contributed by atoms with E-state index in [1.807, 2.05) is 36.4 Å². The lowest BCUT2D eigenvalue weighted by Crippen LogP contribution is -2.16. The van der Waals surface area contributed by atoms with Crippen LogP contribution < -0.4 is 5.43 Å². The second-order valence-electron chi connectivity index (χ2n) is 5.27. The van der Waals surface area contributed by atoms with E-state index < -0.39 is 5.91 Å². The van der Waals surface area contributed by atoms with Gasteiger partial charge in [-0.1, -0.05) is 18.2 Å². The Morgan fingerprint density at radius 2 is 2.04 bits per heavy atom. The highest BCUT2D eigenvalue weighted by molar-refractivity contribution is 7.99. The van der Waals surface area contributed by atoms with Gasteiger partial charge in [0.25, 0.3) is 0 Å². The standard InChI is InChI=1S/C19H13N3O3S/c23-19(15-6-3-11-24-15)22-21-12-14-8-9-17(25-14)26-16-7-1-4-13-5-2-10-20-18(13)16/h1-12H,(H,22,23). The van der Waals surface area contributed by atoms with E-state index in [0.717, 1.165) is 15.8 Å². The van der Waals surface area contributed by atoms with Crippen molar-refractivity contribution in [1.29, 1.82) is 0 Å². The molecule has 0 atom stereocenters. The number of fused-ring (bicyclic) bond motifs is 1. The molecular weight excluding hydrogens is 350 g/mol. The first-order chi connectivity index (χ1) is 12.8.